The highest BCUT2D eigenvalue weighted by Crippen LogP contribution is 2.32. The molecule has 0 unspecified atom stereocenters. The van der Waals surface area contributed by atoms with Crippen molar-refractivity contribution in [3.8, 4) is 0 Å². The summed E-state index contributed by atoms with van der Waals surface area (Å²) in [6.07, 6.45) is 10.8. The average Bonchev–Trinajstić information content (AvgIpc) is 3.13. The summed E-state index contributed by atoms with van der Waals surface area (Å²) in [6.45, 7) is 7.06. The van der Waals surface area contributed by atoms with Gasteiger partial charge in [-0.2, -0.15) is 0 Å². The van der Waals surface area contributed by atoms with Crippen LogP contribution >= 0.6 is 0 Å². The van der Waals surface area contributed by atoms with Gasteiger partial charge >= 0.3 is 0 Å². The molecule has 2 aliphatic heterocycles. The number of carbonyl (C=O) groups is 1. The van der Waals surface area contributed by atoms with E-state index >= 15 is 0 Å². The van der Waals surface area contributed by atoms with Crippen LogP contribution in [-0.2, 0) is 17.8 Å². The maximum Gasteiger partial charge on any atom is 0.229 e. The van der Waals surface area contributed by atoms with Gasteiger partial charge in [0.1, 0.15) is 5.82 Å². The second-order valence-corrected chi connectivity index (χ2v) is 7.20. The zero-order valence-electron chi connectivity index (χ0n) is 13.9. The summed E-state index contributed by atoms with van der Waals surface area (Å²) < 4.78 is 2.26. The van der Waals surface area contributed by atoms with E-state index in [-0.39, 0.29) is 5.91 Å². The summed E-state index contributed by atoms with van der Waals surface area (Å²) in [7, 11) is 0. The molecule has 1 fully saturated rings. The molecule has 0 aromatic carbocycles. The minimum atomic E-state index is 0.185. The molecule has 1 saturated carbocycles. The van der Waals surface area contributed by atoms with Crippen LogP contribution in [0.1, 0.15) is 43.7 Å². The summed E-state index contributed by atoms with van der Waals surface area (Å²) >= 11 is 0. The molecule has 1 atom stereocenters. The average molecular weight is 314 g/mol. The van der Waals surface area contributed by atoms with Crippen LogP contribution in [0.2, 0.25) is 0 Å². The van der Waals surface area contributed by atoms with Crippen LogP contribution in [-0.4, -0.2) is 51.4 Å². The molecule has 0 spiro atoms. The van der Waals surface area contributed by atoms with Crippen molar-refractivity contribution >= 4 is 5.91 Å². The Morgan fingerprint density at radius 3 is 2.74 bits per heavy atom. The molecule has 23 heavy (non-hydrogen) atoms. The fraction of sp³-hybridized carbons (Fsp3) is 0.667. The molecule has 1 aromatic heterocycles. The fourth-order valence-corrected chi connectivity index (χ4v) is 3.88. The van der Waals surface area contributed by atoms with Crippen LogP contribution in [0.15, 0.2) is 18.3 Å². The number of hydrogen-bond acceptors (Lipinski definition) is 3. The number of amides is 1. The predicted molar refractivity (Wildman–Crippen MR) is 89.0 cm³/mol. The summed E-state index contributed by atoms with van der Waals surface area (Å²) in [4.78, 5) is 21.5. The highest BCUT2D eigenvalue weighted by Gasteiger charge is 2.30. The molecule has 0 N–H and O–H groups in total. The number of fused-ring (bicyclic) bond motifs is 1. The zero-order chi connectivity index (χ0) is 15.8. The topological polar surface area (TPSA) is 41.4 Å². The van der Waals surface area contributed by atoms with Crippen LogP contribution < -0.4 is 0 Å². The Morgan fingerprint density at radius 2 is 2.04 bits per heavy atom. The van der Waals surface area contributed by atoms with Crippen LogP contribution in [0.4, 0.5) is 0 Å². The molecule has 5 heteroatoms. The number of carbonyl (C=O) groups excluding carboxylic acids is 1. The standard InChI is InChI=1S/C18H26N4O/c1-14-18-19-16(11-17(23)20-7-2-3-8-20)13-22(18)10-9-21(14)12-15-5-4-6-15/h2-3,13-15H,4-12H2,1H3/t14-/m1/s1. The van der Waals surface area contributed by atoms with Crippen molar-refractivity contribution in [2.45, 2.75) is 45.2 Å². The summed E-state index contributed by atoms with van der Waals surface area (Å²) in [5.41, 5.74) is 0.925. The van der Waals surface area contributed by atoms with Gasteiger partial charge in [-0.25, -0.2) is 4.98 Å². The van der Waals surface area contributed by atoms with Crippen molar-refractivity contribution in [2.24, 2.45) is 5.92 Å². The third-order valence-electron chi connectivity index (χ3n) is 5.63. The van der Waals surface area contributed by atoms with Gasteiger partial charge in [0.25, 0.3) is 0 Å². The van der Waals surface area contributed by atoms with Gasteiger partial charge in [-0.3, -0.25) is 9.69 Å². The first kappa shape index (κ1) is 14.9. The van der Waals surface area contributed by atoms with E-state index in [1.54, 1.807) is 0 Å². The van der Waals surface area contributed by atoms with E-state index in [4.69, 9.17) is 4.98 Å². The van der Waals surface area contributed by atoms with Crippen molar-refractivity contribution in [3.63, 3.8) is 0 Å². The van der Waals surface area contributed by atoms with Gasteiger partial charge in [0.2, 0.25) is 5.91 Å². The molecular formula is C18H26N4O. The minimum Gasteiger partial charge on any atom is -0.335 e. The summed E-state index contributed by atoms with van der Waals surface area (Å²) in [6, 6.07) is 0.363. The number of rotatable bonds is 4. The number of aromatic nitrogens is 2. The molecule has 1 aromatic rings. The van der Waals surface area contributed by atoms with Crippen molar-refractivity contribution in [1.29, 1.82) is 0 Å². The van der Waals surface area contributed by atoms with E-state index < -0.39 is 0 Å². The van der Waals surface area contributed by atoms with E-state index in [9.17, 15) is 4.79 Å². The third-order valence-corrected chi connectivity index (χ3v) is 5.63. The second-order valence-electron chi connectivity index (χ2n) is 7.20. The van der Waals surface area contributed by atoms with Crippen molar-refractivity contribution in [3.05, 3.63) is 29.9 Å². The lowest BCUT2D eigenvalue weighted by Crippen LogP contribution is -2.41. The number of hydrogen-bond donors (Lipinski definition) is 0. The van der Waals surface area contributed by atoms with E-state index in [0.717, 1.165) is 43.6 Å². The largest absolute Gasteiger partial charge is 0.335 e. The molecule has 0 saturated heterocycles. The first-order valence-corrected chi connectivity index (χ1v) is 8.93. The van der Waals surface area contributed by atoms with Crippen molar-refractivity contribution < 1.29 is 4.79 Å². The Hall–Kier alpha value is -1.62. The maximum atomic E-state index is 12.3. The summed E-state index contributed by atoms with van der Waals surface area (Å²) in [5, 5.41) is 0. The van der Waals surface area contributed by atoms with Crippen molar-refractivity contribution in [2.75, 3.05) is 26.2 Å². The smallest absolute Gasteiger partial charge is 0.229 e. The van der Waals surface area contributed by atoms with Gasteiger partial charge in [-0.1, -0.05) is 18.6 Å². The van der Waals surface area contributed by atoms with E-state index in [1.807, 2.05) is 4.90 Å². The van der Waals surface area contributed by atoms with Gasteiger partial charge in [0.05, 0.1) is 18.2 Å². The minimum absolute atomic E-state index is 0.185. The number of nitrogens with zero attached hydrogens (tertiary/aromatic N) is 4. The fourth-order valence-electron chi connectivity index (χ4n) is 3.88. The van der Waals surface area contributed by atoms with E-state index in [1.165, 1.54) is 25.8 Å². The molecule has 124 valence electrons. The Morgan fingerprint density at radius 1 is 1.26 bits per heavy atom. The van der Waals surface area contributed by atoms with Gasteiger partial charge < -0.3 is 9.47 Å². The normalized spacial score (nSPS) is 24.7. The Bertz CT molecular complexity index is 609. The molecule has 3 heterocycles. The highest BCUT2D eigenvalue weighted by atomic mass is 16.2. The molecular weight excluding hydrogens is 288 g/mol. The van der Waals surface area contributed by atoms with Crippen LogP contribution in [0.25, 0.3) is 0 Å². The molecule has 1 aliphatic carbocycles. The lowest BCUT2D eigenvalue weighted by Gasteiger charge is -2.38. The zero-order valence-corrected chi connectivity index (χ0v) is 13.9. The quantitative estimate of drug-likeness (QED) is 0.798. The third kappa shape index (κ3) is 2.94. The summed E-state index contributed by atoms with van der Waals surface area (Å²) in [5.74, 6) is 2.21. The lowest BCUT2D eigenvalue weighted by atomic mass is 9.84. The molecule has 3 aliphatic rings. The SMILES string of the molecule is C[C@@H]1c2nc(CC(=O)N3CC=CC3)cn2CCN1CC1CCC1. The molecule has 0 bridgehead atoms. The number of imidazole rings is 1. The Balaban J connectivity index is 1.42. The first-order valence-electron chi connectivity index (χ1n) is 8.93. The second kappa shape index (κ2) is 6.11. The van der Waals surface area contributed by atoms with E-state index in [0.29, 0.717) is 12.5 Å². The maximum absolute atomic E-state index is 12.3. The van der Waals surface area contributed by atoms with E-state index in [2.05, 4.69) is 34.7 Å². The van der Waals surface area contributed by atoms with Gasteiger partial charge in [0.15, 0.2) is 0 Å². The first-order chi connectivity index (χ1) is 11.2. The molecule has 5 nitrogen and oxygen atoms in total. The lowest BCUT2D eigenvalue weighted by molar-refractivity contribution is -0.129. The molecule has 1 amide bonds. The molecule has 0 radical (unpaired) electrons. The van der Waals surface area contributed by atoms with Crippen LogP contribution in [0.5, 0.6) is 0 Å². The van der Waals surface area contributed by atoms with Gasteiger partial charge in [0, 0.05) is 38.9 Å². The highest BCUT2D eigenvalue weighted by molar-refractivity contribution is 5.79. The monoisotopic (exact) mass is 314 g/mol. The Kier molecular flexibility index (Phi) is 3.97. The van der Waals surface area contributed by atoms with Crippen LogP contribution in [0, 0.1) is 5.92 Å². The van der Waals surface area contributed by atoms with Crippen molar-refractivity contribution in [1.82, 2.24) is 19.4 Å². The predicted octanol–water partition coefficient (Wildman–Crippen LogP) is 2.00. The van der Waals surface area contributed by atoms with Gasteiger partial charge in [-0.15, -0.1) is 0 Å². The van der Waals surface area contributed by atoms with Gasteiger partial charge in [-0.05, 0) is 25.7 Å². The molecule has 4 rings (SSSR count). The Labute approximate surface area is 138 Å². The van der Waals surface area contributed by atoms with Crippen LogP contribution in [0.3, 0.4) is 0 Å².